The SMILES string of the molecule is O=C1S/C(=C/c2ccc(OCc3ccc(F)cc3)c(I)c2)C(=O)N1c1cccc(Cl)c1. The molecule has 1 heterocycles. The molecule has 4 rings (SSSR count). The van der Waals surface area contributed by atoms with E-state index in [4.69, 9.17) is 16.3 Å². The van der Waals surface area contributed by atoms with Crippen LogP contribution in [0.3, 0.4) is 0 Å². The van der Waals surface area contributed by atoms with Gasteiger partial charge in [-0.1, -0.05) is 35.9 Å². The molecule has 0 unspecified atom stereocenters. The zero-order valence-electron chi connectivity index (χ0n) is 15.8. The molecular weight excluding hydrogens is 552 g/mol. The van der Waals surface area contributed by atoms with Crippen LogP contribution in [0.15, 0.2) is 71.6 Å². The summed E-state index contributed by atoms with van der Waals surface area (Å²) >= 11 is 9.02. The molecular formula is C23H14ClFINO3S. The minimum Gasteiger partial charge on any atom is -0.488 e. The van der Waals surface area contributed by atoms with Crippen LogP contribution in [0.2, 0.25) is 5.02 Å². The number of anilines is 1. The van der Waals surface area contributed by atoms with Gasteiger partial charge in [-0.25, -0.2) is 9.29 Å². The maximum Gasteiger partial charge on any atom is 0.298 e. The van der Waals surface area contributed by atoms with Gasteiger partial charge in [0.2, 0.25) is 0 Å². The summed E-state index contributed by atoms with van der Waals surface area (Å²) in [5.74, 6) is 0.000442. The predicted octanol–water partition coefficient (Wildman–Crippen LogP) is 6.90. The van der Waals surface area contributed by atoms with Gasteiger partial charge in [0, 0.05) is 5.02 Å². The summed E-state index contributed by atoms with van der Waals surface area (Å²) in [6, 6.07) is 18.2. The second kappa shape index (κ2) is 9.42. The van der Waals surface area contributed by atoms with Crippen LogP contribution in [-0.4, -0.2) is 11.1 Å². The number of halogens is 3. The number of ether oxygens (including phenoxy) is 1. The number of hydrogen-bond donors (Lipinski definition) is 0. The highest BCUT2D eigenvalue weighted by Gasteiger charge is 2.36. The molecule has 0 atom stereocenters. The Balaban J connectivity index is 1.49. The van der Waals surface area contributed by atoms with E-state index in [1.54, 1.807) is 48.5 Å². The van der Waals surface area contributed by atoms with Gasteiger partial charge < -0.3 is 4.74 Å². The van der Waals surface area contributed by atoms with E-state index in [0.29, 0.717) is 28.0 Å². The number of imide groups is 1. The van der Waals surface area contributed by atoms with E-state index in [1.807, 2.05) is 12.1 Å². The minimum absolute atomic E-state index is 0.289. The average Bonchev–Trinajstić information content (AvgIpc) is 3.01. The van der Waals surface area contributed by atoms with Gasteiger partial charge >= 0.3 is 0 Å². The van der Waals surface area contributed by atoms with Crippen LogP contribution >= 0.6 is 46.0 Å². The second-order valence-corrected chi connectivity index (χ2v) is 9.19. The lowest BCUT2D eigenvalue weighted by molar-refractivity contribution is -0.113. The van der Waals surface area contributed by atoms with E-state index in [9.17, 15) is 14.0 Å². The molecule has 0 spiro atoms. The van der Waals surface area contributed by atoms with Crippen molar-refractivity contribution in [3.8, 4) is 5.75 Å². The first kappa shape index (κ1) is 21.9. The van der Waals surface area contributed by atoms with E-state index < -0.39 is 0 Å². The maximum absolute atomic E-state index is 13.0. The largest absolute Gasteiger partial charge is 0.488 e. The molecule has 3 aromatic carbocycles. The molecule has 1 saturated heterocycles. The smallest absolute Gasteiger partial charge is 0.298 e. The van der Waals surface area contributed by atoms with Crippen LogP contribution in [0.1, 0.15) is 11.1 Å². The van der Waals surface area contributed by atoms with Crippen molar-refractivity contribution in [1.82, 2.24) is 0 Å². The van der Waals surface area contributed by atoms with Crippen molar-refractivity contribution in [3.63, 3.8) is 0 Å². The lowest BCUT2D eigenvalue weighted by Crippen LogP contribution is -2.27. The molecule has 0 radical (unpaired) electrons. The van der Waals surface area contributed by atoms with Crippen LogP contribution < -0.4 is 9.64 Å². The molecule has 31 heavy (non-hydrogen) atoms. The summed E-state index contributed by atoms with van der Waals surface area (Å²) in [6.45, 7) is 0.314. The highest BCUT2D eigenvalue weighted by Crippen LogP contribution is 2.37. The summed E-state index contributed by atoms with van der Waals surface area (Å²) in [5.41, 5.74) is 2.07. The monoisotopic (exact) mass is 565 g/mol. The Morgan fingerprint density at radius 2 is 1.84 bits per heavy atom. The Labute approximate surface area is 201 Å². The number of amides is 2. The first-order chi connectivity index (χ1) is 14.9. The van der Waals surface area contributed by atoms with E-state index in [1.165, 1.54) is 12.1 Å². The van der Waals surface area contributed by atoms with Crippen molar-refractivity contribution >= 4 is 68.9 Å². The molecule has 0 bridgehead atoms. The number of thioether (sulfide) groups is 1. The number of nitrogens with zero attached hydrogens (tertiary/aromatic N) is 1. The van der Waals surface area contributed by atoms with E-state index in [-0.39, 0.29) is 17.0 Å². The fraction of sp³-hybridized carbons (Fsp3) is 0.0435. The van der Waals surface area contributed by atoms with Gasteiger partial charge in [-0.15, -0.1) is 0 Å². The molecule has 4 nitrogen and oxygen atoms in total. The fourth-order valence-electron chi connectivity index (χ4n) is 2.92. The van der Waals surface area contributed by atoms with E-state index >= 15 is 0 Å². The Morgan fingerprint density at radius 1 is 1.06 bits per heavy atom. The van der Waals surface area contributed by atoms with Crippen LogP contribution in [0.4, 0.5) is 14.9 Å². The zero-order valence-corrected chi connectivity index (χ0v) is 19.6. The van der Waals surface area contributed by atoms with Crippen LogP contribution in [0, 0.1) is 9.39 Å². The number of rotatable bonds is 5. The van der Waals surface area contributed by atoms with Gasteiger partial charge in [-0.3, -0.25) is 9.59 Å². The van der Waals surface area contributed by atoms with Gasteiger partial charge in [0.15, 0.2) is 0 Å². The summed E-state index contributed by atoms with van der Waals surface area (Å²) < 4.78 is 19.7. The Kier molecular flexibility index (Phi) is 6.64. The third-order valence-corrected chi connectivity index (χ3v) is 6.37. The Hall–Kier alpha value is -2.36. The molecule has 0 aromatic heterocycles. The summed E-state index contributed by atoms with van der Waals surface area (Å²) in [6.07, 6.45) is 1.68. The average molecular weight is 566 g/mol. The molecule has 1 aliphatic rings. The van der Waals surface area contributed by atoms with E-state index in [2.05, 4.69) is 22.6 Å². The molecule has 0 aliphatic carbocycles. The lowest BCUT2D eigenvalue weighted by atomic mass is 10.2. The van der Waals surface area contributed by atoms with Crippen molar-refractivity contribution in [2.75, 3.05) is 4.90 Å². The minimum atomic E-state index is -0.385. The van der Waals surface area contributed by atoms with Crippen LogP contribution in [-0.2, 0) is 11.4 Å². The zero-order chi connectivity index (χ0) is 22.0. The number of carbonyl (C=O) groups is 2. The molecule has 1 aliphatic heterocycles. The molecule has 2 amide bonds. The number of carbonyl (C=O) groups excluding carboxylic acids is 2. The van der Waals surface area contributed by atoms with E-state index in [0.717, 1.165) is 31.4 Å². The molecule has 156 valence electrons. The topological polar surface area (TPSA) is 46.6 Å². The van der Waals surface area contributed by atoms with Crippen molar-refractivity contribution in [1.29, 1.82) is 0 Å². The standard InChI is InChI=1S/C23H14ClFINO3S/c24-16-2-1-3-18(12-16)27-22(28)21(31-23(27)29)11-15-6-9-20(19(26)10-15)30-13-14-4-7-17(25)8-5-14/h1-12H,13H2/b21-11+. The third kappa shape index (κ3) is 5.11. The lowest BCUT2D eigenvalue weighted by Gasteiger charge is -2.12. The summed E-state index contributed by atoms with van der Waals surface area (Å²) in [4.78, 5) is 26.6. The normalized spacial score (nSPS) is 15.1. The first-order valence-corrected chi connectivity index (χ1v) is 11.4. The van der Waals surface area contributed by atoms with Gasteiger partial charge in [0.25, 0.3) is 11.1 Å². The molecule has 0 N–H and O–H groups in total. The Morgan fingerprint density at radius 3 is 2.55 bits per heavy atom. The van der Waals surface area contributed by atoms with Gasteiger partial charge in [0.1, 0.15) is 18.2 Å². The van der Waals surface area contributed by atoms with Gasteiger partial charge in [-0.05, 0) is 94.0 Å². The third-order valence-electron chi connectivity index (χ3n) is 4.42. The molecule has 3 aromatic rings. The highest BCUT2D eigenvalue weighted by molar-refractivity contribution is 14.1. The first-order valence-electron chi connectivity index (χ1n) is 9.11. The summed E-state index contributed by atoms with van der Waals surface area (Å²) in [5, 5.41) is 0.0822. The van der Waals surface area contributed by atoms with Gasteiger partial charge in [0.05, 0.1) is 14.2 Å². The van der Waals surface area contributed by atoms with Crippen LogP contribution in [0.25, 0.3) is 6.08 Å². The van der Waals surface area contributed by atoms with Crippen molar-refractivity contribution in [2.24, 2.45) is 0 Å². The number of benzene rings is 3. The van der Waals surface area contributed by atoms with Crippen molar-refractivity contribution in [3.05, 3.63) is 97.2 Å². The highest BCUT2D eigenvalue weighted by atomic mass is 127. The Bertz CT molecular complexity index is 1200. The molecule has 8 heteroatoms. The van der Waals surface area contributed by atoms with Gasteiger partial charge in [-0.2, -0.15) is 0 Å². The fourth-order valence-corrected chi connectivity index (χ4v) is 4.64. The van der Waals surface area contributed by atoms with Crippen LogP contribution in [0.5, 0.6) is 5.75 Å². The summed E-state index contributed by atoms with van der Waals surface area (Å²) in [7, 11) is 0. The molecule has 1 fully saturated rings. The van der Waals surface area contributed by atoms with Crippen molar-refractivity contribution < 1.29 is 18.7 Å². The second-order valence-electron chi connectivity index (χ2n) is 6.60. The quantitative estimate of drug-likeness (QED) is 0.249. The van der Waals surface area contributed by atoms with Crippen molar-refractivity contribution in [2.45, 2.75) is 6.61 Å². The maximum atomic E-state index is 13.0. The molecule has 0 saturated carbocycles. The predicted molar refractivity (Wildman–Crippen MR) is 130 cm³/mol. The number of hydrogen-bond acceptors (Lipinski definition) is 4.